The molecule has 5 amide bonds. The molecule has 0 aromatic rings. The Balaban J connectivity index is 5.32. The van der Waals surface area contributed by atoms with Gasteiger partial charge in [0.25, 0.3) is 0 Å². The topological polar surface area (TPSA) is 188 Å². The van der Waals surface area contributed by atoms with Gasteiger partial charge in [0.2, 0.25) is 23.7 Å². The normalized spacial score (nSPS) is 13.8. The number of rotatable bonds is 9. The average Bonchev–Trinajstić information content (AvgIpc) is 2.70. The van der Waals surface area contributed by atoms with Crippen molar-refractivity contribution >= 4 is 35.9 Å². The van der Waals surface area contributed by atoms with E-state index >= 15 is 0 Å². The van der Waals surface area contributed by atoms with Gasteiger partial charge in [0.1, 0.15) is 23.3 Å². The molecule has 0 spiro atoms. The van der Waals surface area contributed by atoms with Gasteiger partial charge >= 0.3 is 12.2 Å². The van der Waals surface area contributed by atoms with Gasteiger partial charge in [-0.2, -0.15) is 0 Å². The molecule has 0 aromatic heterocycles. The third kappa shape index (κ3) is 14.1. The van der Waals surface area contributed by atoms with Crippen LogP contribution in [-0.2, 0) is 23.9 Å². The first-order valence-corrected chi connectivity index (χ1v) is 11.8. The van der Waals surface area contributed by atoms with Crippen molar-refractivity contribution in [3.8, 4) is 0 Å². The number of likely N-dealkylation sites (N-methyl/N-ethyl adjacent to an activating group) is 1. The van der Waals surface area contributed by atoms with Crippen molar-refractivity contribution in [3.63, 3.8) is 0 Å². The summed E-state index contributed by atoms with van der Waals surface area (Å²) in [6.07, 6.45) is -1.64. The first-order valence-electron chi connectivity index (χ1n) is 11.8. The number of amides is 5. The molecular weight excluding hydrogens is 472 g/mol. The minimum atomic E-state index is -1.21. The lowest BCUT2D eigenvalue weighted by atomic mass is 9.97. The van der Waals surface area contributed by atoms with Crippen molar-refractivity contribution in [3.05, 3.63) is 0 Å². The quantitative estimate of drug-likeness (QED) is 0.199. The minimum Gasteiger partial charge on any atom is -0.444 e. The van der Waals surface area contributed by atoms with E-state index in [0.717, 1.165) is 0 Å². The molecule has 0 rings (SSSR count). The first-order chi connectivity index (χ1) is 16.4. The third-order valence-electron chi connectivity index (χ3n) is 4.60. The lowest BCUT2D eigenvalue weighted by Crippen LogP contribution is -2.56. The van der Waals surface area contributed by atoms with Crippen molar-refractivity contribution in [2.45, 2.75) is 97.9 Å². The summed E-state index contributed by atoms with van der Waals surface area (Å²) in [7, 11) is 1.45. The second-order valence-electron chi connectivity index (χ2n) is 10.3. The molecule has 0 radical (unpaired) electrons. The van der Waals surface area contributed by atoms with Crippen LogP contribution in [0.25, 0.3) is 0 Å². The zero-order valence-corrected chi connectivity index (χ0v) is 22.7. The van der Waals surface area contributed by atoms with E-state index in [2.05, 4.69) is 26.6 Å². The maximum Gasteiger partial charge on any atom is 0.414 e. The Morgan fingerprint density at radius 3 is 1.83 bits per heavy atom. The van der Waals surface area contributed by atoms with Gasteiger partial charge in [-0.05, 0) is 53.9 Å². The average molecular weight is 515 g/mol. The predicted molar refractivity (Wildman–Crippen MR) is 133 cm³/mol. The highest BCUT2D eigenvalue weighted by molar-refractivity contribution is 6.01. The van der Waals surface area contributed by atoms with Crippen LogP contribution in [0.5, 0.6) is 0 Å². The highest BCUT2D eigenvalue weighted by Crippen LogP contribution is 2.11. The molecule has 13 heteroatoms. The van der Waals surface area contributed by atoms with Crippen LogP contribution in [0.4, 0.5) is 9.59 Å². The maximum absolute atomic E-state index is 13.0. The van der Waals surface area contributed by atoms with Gasteiger partial charge in [0.15, 0.2) is 0 Å². The van der Waals surface area contributed by atoms with Crippen LogP contribution < -0.4 is 26.6 Å². The molecule has 0 aliphatic rings. The molecule has 36 heavy (non-hydrogen) atoms. The van der Waals surface area contributed by atoms with Crippen molar-refractivity contribution in [1.82, 2.24) is 26.6 Å². The van der Waals surface area contributed by atoms with Crippen LogP contribution in [0.3, 0.4) is 0 Å². The number of alkyl carbamates (subject to hydrolysis) is 2. The molecule has 0 saturated carbocycles. The number of nitrogens with one attached hydrogen (secondary N) is 6. The Kier molecular flexibility index (Phi) is 12.9. The van der Waals surface area contributed by atoms with Crippen molar-refractivity contribution in [2.75, 3.05) is 7.05 Å². The smallest absolute Gasteiger partial charge is 0.414 e. The van der Waals surface area contributed by atoms with E-state index in [1.165, 1.54) is 7.05 Å². The summed E-state index contributed by atoms with van der Waals surface area (Å²) in [6.45, 7) is 13.6. The van der Waals surface area contributed by atoms with E-state index < -0.39 is 59.2 Å². The Morgan fingerprint density at radius 1 is 0.833 bits per heavy atom. The van der Waals surface area contributed by atoms with Gasteiger partial charge in [-0.1, -0.05) is 20.3 Å². The summed E-state index contributed by atoms with van der Waals surface area (Å²) < 4.78 is 10.2. The summed E-state index contributed by atoms with van der Waals surface area (Å²) in [4.78, 5) is 61.6. The van der Waals surface area contributed by atoms with E-state index in [1.54, 1.807) is 48.5 Å². The van der Waals surface area contributed by atoms with E-state index in [9.17, 15) is 24.0 Å². The fourth-order valence-corrected chi connectivity index (χ4v) is 2.74. The van der Waals surface area contributed by atoms with Crippen LogP contribution in [0, 0.1) is 11.3 Å². The zero-order valence-electron chi connectivity index (χ0n) is 22.7. The van der Waals surface area contributed by atoms with Gasteiger partial charge < -0.3 is 25.4 Å². The molecule has 0 saturated heterocycles. The summed E-state index contributed by atoms with van der Waals surface area (Å²) >= 11 is 0. The van der Waals surface area contributed by atoms with Gasteiger partial charge in [0.05, 0.1) is 0 Å². The molecule has 0 bridgehead atoms. The lowest BCUT2D eigenvalue weighted by molar-refractivity contribution is -0.131. The number of carbonyl (C=O) groups is 5. The van der Waals surface area contributed by atoms with Gasteiger partial charge in [-0.3, -0.25) is 30.4 Å². The molecule has 3 atom stereocenters. The second kappa shape index (κ2) is 14.2. The summed E-state index contributed by atoms with van der Waals surface area (Å²) in [5.41, 5.74) is -1.61. The molecule has 0 fully saturated rings. The standard InChI is InChI=1S/C23H42N6O7/c1-10-13(2)16(18(32)25-9)28-17(31)14(26-20(33)35-22(3,4)5)11-12-15(30)27-19(24)29-21(34)36-23(6,7)8/h13-14,16H,10-12H2,1-9H3,(H,25,32)(H,26,33)(H,28,31)(H3,24,27,29,30,34)/t13-,14-,16-/m0/s1. The van der Waals surface area contributed by atoms with E-state index in [-0.39, 0.29) is 18.8 Å². The summed E-state index contributed by atoms with van der Waals surface area (Å²) in [5, 5.41) is 19.5. The summed E-state index contributed by atoms with van der Waals surface area (Å²) in [5.74, 6) is -2.56. The predicted octanol–water partition coefficient (Wildman–Crippen LogP) is 1.51. The number of carbonyl (C=O) groups excluding carboxylic acids is 5. The van der Waals surface area contributed by atoms with E-state index in [1.807, 2.05) is 6.92 Å². The Hall–Kier alpha value is -3.38. The molecule has 206 valence electrons. The Labute approximate surface area is 212 Å². The molecule has 13 nitrogen and oxygen atoms in total. The van der Waals surface area contributed by atoms with Gasteiger partial charge in [-0.25, -0.2) is 9.59 Å². The van der Waals surface area contributed by atoms with Crippen LogP contribution in [0.2, 0.25) is 0 Å². The molecule has 6 N–H and O–H groups in total. The highest BCUT2D eigenvalue weighted by atomic mass is 16.6. The van der Waals surface area contributed by atoms with Crippen molar-refractivity contribution in [1.29, 1.82) is 5.41 Å². The van der Waals surface area contributed by atoms with Gasteiger partial charge in [-0.15, -0.1) is 0 Å². The van der Waals surface area contributed by atoms with E-state index in [0.29, 0.717) is 6.42 Å². The fourth-order valence-electron chi connectivity index (χ4n) is 2.74. The molecular formula is C23H42N6O7. The van der Waals surface area contributed by atoms with Crippen LogP contribution in [-0.4, -0.2) is 66.2 Å². The number of guanidine groups is 1. The minimum absolute atomic E-state index is 0.169. The first kappa shape index (κ1) is 32.6. The maximum atomic E-state index is 13.0. The SMILES string of the molecule is CC[C@H](C)[C@H](NC(=O)[C@H](CCC(=O)NC(=N)NC(=O)OC(C)(C)C)NC(=O)OC(C)(C)C)C(=O)NC. The van der Waals surface area contributed by atoms with Crippen molar-refractivity contribution in [2.24, 2.45) is 5.92 Å². The summed E-state index contributed by atoms with van der Waals surface area (Å²) in [6, 6.07) is -2.06. The lowest BCUT2D eigenvalue weighted by Gasteiger charge is -2.27. The van der Waals surface area contributed by atoms with Crippen molar-refractivity contribution < 1.29 is 33.4 Å². The molecule has 0 aliphatic heterocycles. The number of hydrogen-bond donors (Lipinski definition) is 6. The third-order valence-corrected chi connectivity index (χ3v) is 4.60. The van der Waals surface area contributed by atoms with Crippen LogP contribution >= 0.6 is 0 Å². The monoisotopic (exact) mass is 514 g/mol. The molecule has 0 aromatic carbocycles. The van der Waals surface area contributed by atoms with Crippen LogP contribution in [0.1, 0.15) is 74.7 Å². The second-order valence-corrected chi connectivity index (χ2v) is 10.3. The van der Waals surface area contributed by atoms with E-state index in [4.69, 9.17) is 14.9 Å². The molecule has 0 heterocycles. The number of ether oxygens (including phenoxy) is 2. The fraction of sp³-hybridized carbons (Fsp3) is 0.739. The molecule has 0 aliphatic carbocycles. The largest absolute Gasteiger partial charge is 0.444 e. The zero-order chi connectivity index (χ0) is 28.3. The Bertz CT molecular complexity index is 817. The Morgan fingerprint density at radius 2 is 1.36 bits per heavy atom. The van der Waals surface area contributed by atoms with Gasteiger partial charge in [0, 0.05) is 13.5 Å². The number of hydrogen-bond acceptors (Lipinski definition) is 8. The van der Waals surface area contributed by atoms with Crippen LogP contribution in [0.15, 0.2) is 0 Å². The molecule has 0 unspecified atom stereocenters. The highest BCUT2D eigenvalue weighted by Gasteiger charge is 2.31.